The smallest absolute Gasteiger partial charge is 0.267 e. The number of anilines is 2. The second-order valence-corrected chi connectivity index (χ2v) is 5.24. The molecular weight excluding hydrogens is 346 g/mol. The highest BCUT2D eigenvalue weighted by molar-refractivity contribution is 9.10. The Morgan fingerprint density at radius 2 is 1.91 bits per heavy atom. The summed E-state index contributed by atoms with van der Waals surface area (Å²) in [4.78, 5) is 12.0. The van der Waals surface area contributed by atoms with E-state index >= 15 is 0 Å². The highest BCUT2D eigenvalue weighted by Crippen LogP contribution is 2.17. The Labute approximate surface area is 136 Å². The van der Waals surface area contributed by atoms with Crippen LogP contribution in [-0.2, 0) is 4.79 Å². The van der Waals surface area contributed by atoms with Crippen LogP contribution in [0.5, 0.6) is 5.75 Å². The number of hydrogen-bond donors (Lipinski definition) is 3. The van der Waals surface area contributed by atoms with Crippen molar-refractivity contribution in [3.63, 3.8) is 0 Å². The quantitative estimate of drug-likeness (QED) is 0.576. The Hall–Kier alpha value is -2.78. The summed E-state index contributed by atoms with van der Waals surface area (Å²) in [6.45, 7) is 0. The van der Waals surface area contributed by atoms with Gasteiger partial charge < -0.3 is 15.7 Å². The number of phenols is 1. The number of carbonyl (C=O) groups is 1. The predicted molar refractivity (Wildman–Crippen MR) is 88.2 cm³/mol. The van der Waals surface area contributed by atoms with E-state index in [1.165, 1.54) is 18.3 Å². The molecule has 0 aliphatic carbocycles. The fourth-order valence-corrected chi connectivity index (χ4v) is 1.90. The number of nitrogens with zero attached hydrogens (tertiary/aromatic N) is 1. The molecule has 0 fully saturated rings. The number of nitriles is 1. The van der Waals surface area contributed by atoms with Gasteiger partial charge in [-0.05, 0) is 36.4 Å². The number of carbonyl (C=O) groups excluding carboxylic acids is 1. The molecule has 3 N–H and O–H groups in total. The van der Waals surface area contributed by atoms with Crippen molar-refractivity contribution in [1.82, 2.24) is 0 Å². The van der Waals surface area contributed by atoms with Gasteiger partial charge in [0.1, 0.15) is 17.4 Å². The number of phenolic OH excluding ortho intramolecular Hbond substituents is 1. The molecule has 2 rings (SSSR count). The zero-order valence-electron chi connectivity index (χ0n) is 11.4. The molecule has 5 nitrogen and oxygen atoms in total. The number of amides is 1. The molecule has 110 valence electrons. The summed E-state index contributed by atoms with van der Waals surface area (Å²) in [7, 11) is 0. The van der Waals surface area contributed by atoms with Gasteiger partial charge in [0.15, 0.2) is 0 Å². The van der Waals surface area contributed by atoms with Gasteiger partial charge in [-0.25, -0.2) is 0 Å². The van der Waals surface area contributed by atoms with Crippen molar-refractivity contribution in [2.75, 3.05) is 10.6 Å². The maximum Gasteiger partial charge on any atom is 0.267 e. The van der Waals surface area contributed by atoms with Crippen molar-refractivity contribution in [3.05, 3.63) is 64.8 Å². The lowest BCUT2D eigenvalue weighted by atomic mass is 10.2. The van der Waals surface area contributed by atoms with E-state index in [1.807, 2.05) is 30.3 Å². The topological polar surface area (TPSA) is 85.2 Å². The van der Waals surface area contributed by atoms with Crippen LogP contribution in [0.4, 0.5) is 11.4 Å². The van der Waals surface area contributed by atoms with Gasteiger partial charge in [-0.2, -0.15) is 5.26 Å². The Morgan fingerprint density at radius 1 is 1.18 bits per heavy atom. The van der Waals surface area contributed by atoms with Crippen LogP contribution in [0.1, 0.15) is 0 Å². The minimum Gasteiger partial charge on any atom is -0.508 e. The van der Waals surface area contributed by atoms with E-state index in [9.17, 15) is 9.90 Å². The van der Waals surface area contributed by atoms with E-state index in [1.54, 1.807) is 12.1 Å². The van der Waals surface area contributed by atoms with Crippen LogP contribution in [0.3, 0.4) is 0 Å². The molecule has 6 heteroatoms. The molecule has 0 radical (unpaired) electrons. The molecule has 2 aromatic rings. The van der Waals surface area contributed by atoms with Crippen LogP contribution < -0.4 is 10.6 Å². The van der Waals surface area contributed by atoms with Crippen LogP contribution in [0.2, 0.25) is 0 Å². The van der Waals surface area contributed by atoms with Crippen LogP contribution in [-0.4, -0.2) is 11.0 Å². The van der Waals surface area contributed by atoms with Gasteiger partial charge >= 0.3 is 0 Å². The highest BCUT2D eigenvalue weighted by Gasteiger charge is 2.09. The number of aromatic hydroxyl groups is 1. The molecule has 0 unspecified atom stereocenters. The zero-order valence-corrected chi connectivity index (χ0v) is 13.0. The first kappa shape index (κ1) is 15.6. The van der Waals surface area contributed by atoms with Gasteiger partial charge in [0.05, 0.1) is 0 Å². The Morgan fingerprint density at radius 3 is 2.55 bits per heavy atom. The minimum absolute atomic E-state index is 0.0354. The molecule has 0 saturated heterocycles. The van der Waals surface area contributed by atoms with E-state index < -0.39 is 5.91 Å². The molecule has 0 saturated carbocycles. The largest absolute Gasteiger partial charge is 0.508 e. The summed E-state index contributed by atoms with van der Waals surface area (Å²) in [5.41, 5.74) is 1.09. The minimum atomic E-state index is -0.558. The SMILES string of the molecule is N#C/C(=C/Nc1ccc(Br)cc1)C(=O)Nc1cccc(O)c1. The average molecular weight is 358 g/mol. The van der Waals surface area contributed by atoms with E-state index in [0.717, 1.165) is 10.2 Å². The molecular formula is C16H12BrN3O2. The molecule has 0 aliphatic rings. The number of hydrogen-bond acceptors (Lipinski definition) is 4. The molecule has 0 atom stereocenters. The summed E-state index contributed by atoms with van der Waals surface area (Å²) >= 11 is 3.33. The first-order chi connectivity index (χ1) is 10.6. The maximum atomic E-state index is 12.0. The van der Waals surface area contributed by atoms with Crippen LogP contribution in [0.15, 0.2) is 64.8 Å². The predicted octanol–water partition coefficient (Wildman–Crippen LogP) is 3.61. The first-order valence-electron chi connectivity index (χ1n) is 6.31. The highest BCUT2D eigenvalue weighted by atomic mass is 79.9. The van der Waals surface area contributed by atoms with Gasteiger partial charge in [-0.3, -0.25) is 4.79 Å². The summed E-state index contributed by atoms with van der Waals surface area (Å²) in [6, 6.07) is 15.2. The van der Waals surface area contributed by atoms with Crippen LogP contribution in [0, 0.1) is 11.3 Å². The molecule has 2 aromatic carbocycles. The molecule has 1 amide bonds. The lowest BCUT2D eigenvalue weighted by Crippen LogP contribution is -2.14. The van der Waals surface area contributed by atoms with Gasteiger partial charge in [0.2, 0.25) is 0 Å². The second kappa shape index (κ2) is 7.29. The number of benzene rings is 2. The van der Waals surface area contributed by atoms with Crippen molar-refractivity contribution >= 4 is 33.2 Å². The zero-order chi connectivity index (χ0) is 15.9. The van der Waals surface area contributed by atoms with Crippen LogP contribution in [0.25, 0.3) is 0 Å². The fraction of sp³-hybridized carbons (Fsp3) is 0. The van der Waals surface area contributed by atoms with E-state index in [4.69, 9.17) is 5.26 Å². The molecule has 22 heavy (non-hydrogen) atoms. The normalized spacial score (nSPS) is 10.6. The molecule has 0 aromatic heterocycles. The van der Waals surface area contributed by atoms with E-state index in [2.05, 4.69) is 26.6 Å². The molecule has 0 aliphatic heterocycles. The summed E-state index contributed by atoms with van der Waals surface area (Å²) in [5, 5.41) is 23.9. The van der Waals surface area contributed by atoms with Gasteiger partial charge in [-0.15, -0.1) is 0 Å². The molecule has 0 bridgehead atoms. The Balaban J connectivity index is 2.07. The first-order valence-corrected chi connectivity index (χ1v) is 7.10. The van der Waals surface area contributed by atoms with Crippen molar-refractivity contribution < 1.29 is 9.90 Å². The van der Waals surface area contributed by atoms with Gasteiger partial charge in [0.25, 0.3) is 5.91 Å². The fourth-order valence-electron chi connectivity index (χ4n) is 1.63. The van der Waals surface area contributed by atoms with Crippen molar-refractivity contribution in [2.45, 2.75) is 0 Å². The van der Waals surface area contributed by atoms with Crippen molar-refractivity contribution in [3.8, 4) is 11.8 Å². The molecule has 0 spiro atoms. The van der Waals surface area contributed by atoms with Crippen LogP contribution >= 0.6 is 15.9 Å². The van der Waals surface area contributed by atoms with Crippen molar-refractivity contribution in [2.24, 2.45) is 0 Å². The third-order valence-electron chi connectivity index (χ3n) is 2.70. The lowest BCUT2D eigenvalue weighted by molar-refractivity contribution is -0.112. The molecule has 0 heterocycles. The number of rotatable bonds is 4. The Kier molecular flexibility index (Phi) is 5.17. The van der Waals surface area contributed by atoms with Gasteiger partial charge in [-0.1, -0.05) is 22.0 Å². The third kappa shape index (κ3) is 4.36. The lowest BCUT2D eigenvalue weighted by Gasteiger charge is -2.05. The second-order valence-electron chi connectivity index (χ2n) is 4.33. The summed E-state index contributed by atoms with van der Waals surface area (Å²) < 4.78 is 0.934. The third-order valence-corrected chi connectivity index (χ3v) is 3.23. The monoisotopic (exact) mass is 357 g/mol. The average Bonchev–Trinajstić information content (AvgIpc) is 2.49. The van der Waals surface area contributed by atoms with E-state index in [-0.39, 0.29) is 11.3 Å². The van der Waals surface area contributed by atoms with Gasteiger partial charge in [0, 0.05) is 28.1 Å². The summed E-state index contributed by atoms with van der Waals surface area (Å²) in [5.74, 6) is -0.522. The van der Waals surface area contributed by atoms with Crippen molar-refractivity contribution in [1.29, 1.82) is 5.26 Å². The Bertz CT molecular complexity index is 749. The number of halogens is 1. The van der Waals surface area contributed by atoms with E-state index in [0.29, 0.717) is 5.69 Å². The summed E-state index contributed by atoms with van der Waals surface area (Å²) in [6.07, 6.45) is 1.33. The standard InChI is InChI=1S/C16H12BrN3O2/c17-12-4-6-13(7-5-12)19-10-11(9-18)16(22)20-14-2-1-3-15(21)8-14/h1-8,10,19,21H,(H,20,22)/b11-10-. The number of nitrogens with one attached hydrogen (secondary N) is 2. The maximum absolute atomic E-state index is 12.0.